The van der Waals surface area contributed by atoms with E-state index in [1.54, 1.807) is 0 Å². The lowest BCUT2D eigenvalue weighted by Crippen LogP contribution is -2.48. The Morgan fingerprint density at radius 3 is 2.95 bits per heavy atom. The maximum absolute atomic E-state index is 11.0. The molecule has 1 aromatic heterocycles. The summed E-state index contributed by atoms with van der Waals surface area (Å²) < 4.78 is 5.57. The number of rotatable bonds is 5. The molecule has 0 spiro atoms. The highest BCUT2D eigenvalue weighted by Gasteiger charge is 2.27. The van der Waals surface area contributed by atoms with Crippen molar-refractivity contribution >= 4 is 17.3 Å². The Bertz CT molecular complexity index is 511. The van der Waals surface area contributed by atoms with E-state index >= 15 is 0 Å². The second-order valence-electron chi connectivity index (χ2n) is 5.01. The van der Waals surface area contributed by atoms with Gasteiger partial charge in [0.1, 0.15) is 11.6 Å². The third-order valence-corrected chi connectivity index (χ3v) is 3.22. The number of aliphatic hydroxyl groups excluding tert-OH is 1. The first-order valence-corrected chi connectivity index (χ1v) is 6.95. The lowest BCUT2D eigenvalue weighted by Gasteiger charge is -2.36. The third kappa shape index (κ3) is 3.79. The Morgan fingerprint density at radius 2 is 2.33 bits per heavy atom. The molecule has 0 aliphatic carbocycles. The minimum atomic E-state index is -0.431. The first-order valence-electron chi connectivity index (χ1n) is 6.95. The van der Waals surface area contributed by atoms with Crippen LogP contribution in [0.1, 0.15) is 13.8 Å². The van der Waals surface area contributed by atoms with Gasteiger partial charge in [0.2, 0.25) is 0 Å². The van der Waals surface area contributed by atoms with Gasteiger partial charge in [-0.1, -0.05) is 0 Å². The SMILES string of the molecule is CCNc1cc([N+](=O)[O-])cc(N2CC(C)OC(CO)C2)n1. The van der Waals surface area contributed by atoms with Gasteiger partial charge in [0.25, 0.3) is 5.69 Å². The topological polar surface area (TPSA) is 101 Å². The smallest absolute Gasteiger partial charge is 0.276 e. The van der Waals surface area contributed by atoms with Gasteiger partial charge in [0.05, 0.1) is 35.9 Å². The zero-order valence-electron chi connectivity index (χ0n) is 12.2. The van der Waals surface area contributed by atoms with Crippen molar-refractivity contribution in [3.8, 4) is 0 Å². The molecule has 0 bridgehead atoms. The summed E-state index contributed by atoms with van der Waals surface area (Å²) in [6.07, 6.45) is -0.378. The fourth-order valence-electron chi connectivity index (χ4n) is 2.37. The molecule has 1 saturated heterocycles. The number of pyridine rings is 1. The first-order chi connectivity index (χ1) is 10.0. The van der Waals surface area contributed by atoms with E-state index in [9.17, 15) is 15.2 Å². The maximum atomic E-state index is 11.0. The largest absolute Gasteiger partial charge is 0.394 e. The number of morpholine rings is 1. The normalized spacial score (nSPS) is 22.1. The lowest BCUT2D eigenvalue weighted by molar-refractivity contribution is -0.384. The molecule has 116 valence electrons. The third-order valence-electron chi connectivity index (χ3n) is 3.22. The number of hydrogen-bond donors (Lipinski definition) is 2. The molecule has 2 N–H and O–H groups in total. The van der Waals surface area contributed by atoms with Crippen LogP contribution >= 0.6 is 0 Å². The molecule has 0 aromatic carbocycles. The average molecular weight is 296 g/mol. The van der Waals surface area contributed by atoms with Crippen molar-refractivity contribution in [2.75, 3.05) is 36.5 Å². The van der Waals surface area contributed by atoms with E-state index in [-0.39, 0.29) is 24.5 Å². The summed E-state index contributed by atoms with van der Waals surface area (Å²) in [4.78, 5) is 16.9. The monoisotopic (exact) mass is 296 g/mol. The molecule has 1 fully saturated rings. The average Bonchev–Trinajstić information content (AvgIpc) is 2.46. The molecular weight excluding hydrogens is 276 g/mol. The highest BCUT2D eigenvalue weighted by atomic mass is 16.6. The van der Waals surface area contributed by atoms with Crippen molar-refractivity contribution in [3.63, 3.8) is 0 Å². The molecule has 2 rings (SSSR count). The number of anilines is 2. The molecule has 1 aliphatic rings. The van der Waals surface area contributed by atoms with Gasteiger partial charge in [0.15, 0.2) is 0 Å². The van der Waals surface area contributed by atoms with Gasteiger partial charge in [-0.2, -0.15) is 0 Å². The number of aromatic nitrogens is 1. The van der Waals surface area contributed by atoms with Crippen molar-refractivity contribution in [2.45, 2.75) is 26.1 Å². The summed E-state index contributed by atoms with van der Waals surface area (Å²) >= 11 is 0. The summed E-state index contributed by atoms with van der Waals surface area (Å²) in [5.41, 5.74) is -0.00403. The summed E-state index contributed by atoms with van der Waals surface area (Å²) in [6, 6.07) is 2.87. The highest BCUT2D eigenvalue weighted by molar-refractivity contribution is 5.56. The van der Waals surface area contributed by atoms with E-state index in [0.29, 0.717) is 31.3 Å². The Hall–Kier alpha value is -1.93. The fraction of sp³-hybridized carbons (Fsp3) is 0.615. The van der Waals surface area contributed by atoms with Gasteiger partial charge in [0, 0.05) is 19.6 Å². The molecule has 8 heteroatoms. The minimum absolute atomic E-state index is 0.00403. The van der Waals surface area contributed by atoms with Crippen molar-refractivity contribution in [1.82, 2.24) is 4.98 Å². The predicted molar refractivity (Wildman–Crippen MR) is 78.7 cm³/mol. The van der Waals surface area contributed by atoms with Crippen LogP contribution in [0.5, 0.6) is 0 Å². The standard InChI is InChI=1S/C13H20N4O4/c1-3-14-12-4-10(17(19)20)5-13(15-12)16-6-9(2)21-11(7-16)8-18/h4-5,9,11,18H,3,6-8H2,1-2H3,(H,14,15). The summed E-state index contributed by atoms with van der Waals surface area (Å²) in [6.45, 7) is 5.38. The fourth-order valence-corrected chi connectivity index (χ4v) is 2.37. The second-order valence-corrected chi connectivity index (χ2v) is 5.01. The molecule has 0 amide bonds. The van der Waals surface area contributed by atoms with Crippen molar-refractivity contribution < 1.29 is 14.8 Å². The zero-order valence-corrected chi connectivity index (χ0v) is 12.2. The van der Waals surface area contributed by atoms with Gasteiger partial charge in [-0.25, -0.2) is 4.98 Å². The van der Waals surface area contributed by atoms with Crippen LogP contribution in [0.4, 0.5) is 17.3 Å². The number of aliphatic hydroxyl groups is 1. The van der Waals surface area contributed by atoms with E-state index in [0.717, 1.165) is 0 Å². The Morgan fingerprint density at radius 1 is 1.57 bits per heavy atom. The summed E-state index contributed by atoms with van der Waals surface area (Å²) in [5.74, 6) is 0.996. The quantitative estimate of drug-likeness (QED) is 0.617. The second kappa shape index (κ2) is 6.68. The van der Waals surface area contributed by atoms with Crippen molar-refractivity contribution in [1.29, 1.82) is 0 Å². The van der Waals surface area contributed by atoms with Gasteiger partial charge in [-0.15, -0.1) is 0 Å². The van der Waals surface area contributed by atoms with E-state index in [2.05, 4.69) is 10.3 Å². The molecule has 0 radical (unpaired) electrons. The van der Waals surface area contributed by atoms with Crippen LogP contribution in [0, 0.1) is 10.1 Å². The van der Waals surface area contributed by atoms with E-state index in [1.807, 2.05) is 18.7 Å². The van der Waals surface area contributed by atoms with E-state index in [1.165, 1.54) is 12.1 Å². The lowest BCUT2D eigenvalue weighted by atomic mass is 10.2. The summed E-state index contributed by atoms with van der Waals surface area (Å²) in [7, 11) is 0. The summed E-state index contributed by atoms with van der Waals surface area (Å²) in [5, 5.41) is 23.3. The molecule has 1 aliphatic heterocycles. The maximum Gasteiger partial charge on any atom is 0.276 e. The van der Waals surface area contributed by atoms with Gasteiger partial charge >= 0.3 is 0 Å². The first kappa shape index (κ1) is 15.5. The molecular formula is C13H20N4O4. The molecule has 21 heavy (non-hydrogen) atoms. The number of nitrogens with zero attached hydrogens (tertiary/aromatic N) is 3. The van der Waals surface area contributed by atoms with E-state index < -0.39 is 4.92 Å². The van der Waals surface area contributed by atoms with Crippen molar-refractivity contribution in [3.05, 3.63) is 22.2 Å². The van der Waals surface area contributed by atoms with Crippen LogP contribution in [0.15, 0.2) is 12.1 Å². The van der Waals surface area contributed by atoms with Gasteiger partial charge < -0.3 is 20.1 Å². The van der Waals surface area contributed by atoms with Crippen LogP contribution in [-0.4, -0.2) is 53.5 Å². The predicted octanol–water partition coefficient (Wildman–Crippen LogP) is 1.01. The number of ether oxygens (including phenoxy) is 1. The Balaban J connectivity index is 2.30. The van der Waals surface area contributed by atoms with E-state index in [4.69, 9.17) is 4.74 Å². The molecule has 1 aromatic rings. The molecule has 2 atom stereocenters. The number of nitrogens with one attached hydrogen (secondary N) is 1. The van der Waals surface area contributed by atoms with Crippen LogP contribution in [0.3, 0.4) is 0 Å². The molecule has 0 saturated carbocycles. The molecule has 8 nitrogen and oxygen atoms in total. The van der Waals surface area contributed by atoms with Crippen LogP contribution < -0.4 is 10.2 Å². The highest BCUT2D eigenvalue weighted by Crippen LogP contribution is 2.25. The zero-order chi connectivity index (χ0) is 15.4. The number of nitro groups is 1. The van der Waals surface area contributed by atoms with Crippen LogP contribution in [-0.2, 0) is 4.74 Å². The number of hydrogen-bond acceptors (Lipinski definition) is 7. The van der Waals surface area contributed by atoms with Crippen LogP contribution in [0.2, 0.25) is 0 Å². The Kier molecular flexibility index (Phi) is 4.92. The minimum Gasteiger partial charge on any atom is -0.394 e. The Labute approximate surface area is 122 Å². The van der Waals surface area contributed by atoms with Gasteiger partial charge in [-0.05, 0) is 13.8 Å². The van der Waals surface area contributed by atoms with Gasteiger partial charge in [-0.3, -0.25) is 10.1 Å². The van der Waals surface area contributed by atoms with Crippen LogP contribution in [0.25, 0.3) is 0 Å². The van der Waals surface area contributed by atoms with Crippen molar-refractivity contribution in [2.24, 2.45) is 0 Å². The molecule has 2 unspecified atom stereocenters. The molecule has 2 heterocycles.